The van der Waals surface area contributed by atoms with Crippen LogP contribution >= 0.6 is 11.6 Å². The fourth-order valence-corrected chi connectivity index (χ4v) is 3.55. The van der Waals surface area contributed by atoms with Gasteiger partial charge in [-0.15, -0.1) is 0 Å². The highest BCUT2D eigenvalue weighted by Gasteiger charge is 2.25. The topological polar surface area (TPSA) is 72.6 Å². The molecular formula is C16H18ClFN2O3S. The average molecular weight is 373 g/mol. The van der Waals surface area contributed by atoms with E-state index in [1.165, 1.54) is 13.0 Å². The van der Waals surface area contributed by atoms with Crippen molar-refractivity contribution < 1.29 is 17.5 Å². The molecule has 0 aliphatic carbocycles. The summed E-state index contributed by atoms with van der Waals surface area (Å²) in [7, 11) is -2.09. The number of ether oxygens (including phenoxy) is 1. The first-order valence-corrected chi connectivity index (χ1v) is 9.15. The monoisotopic (exact) mass is 372 g/mol. The molecule has 0 radical (unpaired) electrons. The van der Waals surface area contributed by atoms with Gasteiger partial charge >= 0.3 is 0 Å². The lowest BCUT2D eigenvalue weighted by molar-refractivity contribution is 0.414. The molecule has 0 aliphatic heterocycles. The van der Waals surface area contributed by atoms with E-state index in [0.29, 0.717) is 5.75 Å². The molecule has 8 heteroatoms. The number of nitrogens with zero attached hydrogens (tertiary/aromatic N) is 1. The molecule has 2 rings (SSSR count). The Morgan fingerprint density at radius 2 is 1.83 bits per heavy atom. The lowest BCUT2D eigenvalue weighted by atomic mass is 10.2. The van der Waals surface area contributed by atoms with Crippen molar-refractivity contribution in [1.29, 1.82) is 0 Å². The summed E-state index contributed by atoms with van der Waals surface area (Å²) in [6, 6.07) is 9.36. The van der Waals surface area contributed by atoms with E-state index in [-0.39, 0.29) is 28.7 Å². The highest BCUT2D eigenvalue weighted by molar-refractivity contribution is 7.92. The third-order valence-electron chi connectivity index (χ3n) is 3.56. The predicted octanol–water partition coefficient (Wildman–Crippen LogP) is 3.43. The third kappa shape index (κ3) is 3.73. The molecule has 2 aromatic carbocycles. The van der Waals surface area contributed by atoms with Gasteiger partial charge in [0.2, 0.25) is 10.0 Å². The Labute approximate surface area is 145 Å². The molecule has 130 valence electrons. The molecule has 2 aromatic rings. The van der Waals surface area contributed by atoms with E-state index < -0.39 is 15.8 Å². The maximum Gasteiger partial charge on any atom is 0.235 e. The van der Waals surface area contributed by atoms with Crippen molar-refractivity contribution in [2.45, 2.75) is 13.5 Å². The lowest BCUT2D eigenvalue weighted by Gasteiger charge is -2.25. The maximum atomic E-state index is 13.5. The molecule has 0 saturated carbocycles. The van der Waals surface area contributed by atoms with Gasteiger partial charge in [0.05, 0.1) is 35.8 Å². The van der Waals surface area contributed by atoms with E-state index >= 15 is 0 Å². The van der Waals surface area contributed by atoms with Crippen LogP contribution in [0.5, 0.6) is 5.75 Å². The van der Waals surface area contributed by atoms with Crippen molar-refractivity contribution in [3.63, 3.8) is 0 Å². The maximum absolute atomic E-state index is 13.5. The first-order chi connectivity index (χ1) is 11.3. The first kappa shape index (κ1) is 18.4. The van der Waals surface area contributed by atoms with Gasteiger partial charge in [-0.05, 0) is 36.8 Å². The quantitative estimate of drug-likeness (QED) is 0.788. The Morgan fingerprint density at radius 3 is 2.38 bits per heavy atom. The van der Waals surface area contributed by atoms with E-state index in [1.54, 1.807) is 31.4 Å². The molecule has 0 amide bonds. The number of rotatable bonds is 6. The van der Waals surface area contributed by atoms with Crippen LogP contribution in [-0.4, -0.2) is 21.3 Å². The second-order valence-corrected chi connectivity index (χ2v) is 7.61. The van der Waals surface area contributed by atoms with Crippen LogP contribution in [0.1, 0.15) is 12.5 Å². The number of nitrogen functional groups attached to an aromatic ring is 1. The summed E-state index contributed by atoms with van der Waals surface area (Å²) in [5, 5.41) is -0.125. The van der Waals surface area contributed by atoms with Crippen molar-refractivity contribution in [2.75, 3.05) is 22.9 Å². The molecule has 0 fully saturated rings. The van der Waals surface area contributed by atoms with E-state index in [9.17, 15) is 12.8 Å². The van der Waals surface area contributed by atoms with Crippen LogP contribution in [0.25, 0.3) is 0 Å². The van der Waals surface area contributed by atoms with E-state index in [4.69, 9.17) is 22.1 Å². The number of halogens is 2. The highest BCUT2D eigenvalue weighted by atomic mass is 35.5. The SMILES string of the molecule is CCS(=O)(=O)N(Cc1ccc(OC)cc1)c1ccc(F)c(N)c1Cl. The summed E-state index contributed by atoms with van der Waals surface area (Å²) in [5.41, 5.74) is 6.19. The smallest absolute Gasteiger partial charge is 0.235 e. The van der Waals surface area contributed by atoms with Gasteiger partial charge in [-0.25, -0.2) is 12.8 Å². The highest BCUT2D eigenvalue weighted by Crippen LogP contribution is 2.35. The van der Waals surface area contributed by atoms with Gasteiger partial charge in [0.15, 0.2) is 0 Å². The fraction of sp³-hybridized carbons (Fsp3) is 0.250. The summed E-state index contributed by atoms with van der Waals surface area (Å²) >= 11 is 6.08. The summed E-state index contributed by atoms with van der Waals surface area (Å²) < 4.78 is 44.7. The Morgan fingerprint density at radius 1 is 1.21 bits per heavy atom. The summed E-state index contributed by atoms with van der Waals surface area (Å²) in [4.78, 5) is 0. The Hall–Kier alpha value is -1.99. The normalized spacial score (nSPS) is 11.3. The van der Waals surface area contributed by atoms with Gasteiger partial charge in [-0.3, -0.25) is 4.31 Å². The molecule has 0 aliphatic rings. The zero-order valence-electron chi connectivity index (χ0n) is 13.3. The van der Waals surface area contributed by atoms with Crippen LogP contribution in [0.4, 0.5) is 15.8 Å². The minimum absolute atomic E-state index is 0.0466. The van der Waals surface area contributed by atoms with Crippen molar-refractivity contribution >= 4 is 33.0 Å². The summed E-state index contributed by atoms with van der Waals surface area (Å²) in [5.74, 6) is -0.161. The third-order valence-corrected chi connectivity index (χ3v) is 5.68. The van der Waals surface area contributed by atoms with Gasteiger partial charge in [-0.2, -0.15) is 0 Å². The van der Waals surface area contributed by atoms with Crippen molar-refractivity contribution in [3.05, 3.63) is 52.8 Å². The predicted molar refractivity (Wildman–Crippen MR) is 94.5 cm³/mol. The number of benzene rings is 2. The minimum Gasteiger partial charge on any atom is -0.497 e. The Balaban J connectivity index is 2.48. The molecule has 0 unspecified atom stereocenters. The second-order valence-electron chi connectivity index (χ2n) is 5.05. The van der Waals surface area contributed by atoms with Crippen molar-refractivity contribution in [1.82, 2.24) is 0 Å². The molecule has 0 aromatic heterocycles. The van der Waals surface area contributed by atoms with Crippen LogP contribution in [0.15, 0.2) is 36.4 Å². The number of nitrogens with two attached hydrogens (primary N) is 1. The average Bonchev–Trinajstić information content (AvgIpc) is 2.59. The summed E-state index contributed by atoms with van der Waals surface area (Å²) in [6.45, 7) is 1.57. The van der Waals surface area contributed by atoms with Crippen LogP contribution in [0.3, 0.4) is 0 Å². The van der Waals surface area contributed by atoms with Crippen molar-refractivity contribution in [2.24, 2.45) is 0 Å². The Bertz CT molecular complexity index is 826. The second kappa shape index (κ2) is 7.27. The molecule has 0 spiro atoms. The zero-order chi connectivity index (χ0) is 17.9. The van der Waals surface area contributed by atoms with Crippen LogP contribution in [-0.2, 0) is 16.6 Å². The molecular weight excluding hydrogens is 355 g/mol. The fourth-order valence-electron chi connectivity index (χ4n) is 2.14. The van der Waals surface area contributed by atoms with E-state index in [1.807, 2.05) is 0 Å². The van der Waals surface area contributed by atoms with Gasteiger partial charge in [-0.1, -0.05) is 23.7 Å². The number of anilines is 2. The lowest BCUT2D eigenvalue weighted by Crippen LogP contribution is -2.32. The number of hydrogen-bond donors (Lipinski definition) is 1. The minimum atomic E-state index is -3.64. The molecule has 24 heavy (non-hydrogen) atoms. The van der Waals surface area contributed by atoms with Crippen molar-refractivity contribution in [3.8, 4) is 5.75 Å². The molecule has 0 bridgehead atoms. The van der Waals surface area contributed by atoms with Gasteiger partial charge < -0.3 is 10.5 Å². The Kier molecular flexibility index (Phi) is 5.56. The number of sulfonamides is 1. The van der Waals surface area contributed by atoms with E-state index in [2.05, 4.69) is 0 Å². The first-order valence-electron chi connectivity index (χ1n) is 7.17. The van der Waals surface area contributed by atoms with Gasteiger partial charge in [0, 0.05) is 0 Å². The number of hydrogen-bond acceptors (Lipinski definition) is 4. The van der Waals surface area contributed by atoms with Crippen LogP contribution in [0.2, 0.25) is 5.02 Å². The molecule has 5 nitrogen and oxygen atoms in total. The van der Waals surface area contributed by atoms with Crippen LogP contribution in [0, 0.1) is 5.82 Å². The standard InChI is InChI=1S/C16H18ClFN2O3S/c1-3-24(21,22)20(10-11-4-6-12(23-2)7-5-11)14-9-8-13(18)16(19)15(14)17/h4-9H,3,10,19H2,1-2H3. The largest absolute Gasteiger partial charge is 0.497 e. The molecule has 0 saturated heterocycles. The number of methoxy groups -OCH3 is 1. The van der Waals surface area contributed by atoms with Crippen LogP contribution < -0.4 is 14.8 Å². The van der Waals surface area contributed by atoms with Gasteiger partial charge in [0.25, 0.3) is 0 Å². The summed E-state index contributed by atoms with van der Waals surface area (Å²) in [6.07, 6.45) is 0. The molecule has 0 atom stereocenters. The van der Waals surface area contributed by atoms with Gasteiger partial charge in [0.1, 0.15) is 11.6 Å². The molecule has 0 heterocycles. The molecule has 2 N–H and O–H groups in total. The van der Waals surface area contributed by atoms with E-state index in [0.717, 1.165) is 15.9 Å². The zero-order valence-corrected chi connectivity index (χ0v) is 14.9.